The standard InChI is InChI=1S/C15H11BrClIO2/c16-11-8-14-13(19-5-6-20-14)7-10(11)15(17)9-3-1-2-4-12(9)18/h1-4,7-8,15H,5-6H2. The van der Waals surface area contributed by atoms with Crippen molar-refractivity contribution < 1.29 is 9.47 Å². The Hall–Kier alpha value is -0.460. The third-order valence-corrected chi connectivity index (χ3v) is 5.25. The van der Waals surface area contributed by atoms with Crippen molar-refractivity contribution in [2.45, 2.75) is 5.38 Å². The molecule has 104 valence electrons. The Morgan fingerprint density at radius 3 is 2.40 bits per heavy atom. The molecule has 5 heteroatoms. The third-order valence-electron chi connectivity index (χ3n) is 3.11. The molecule has 2 nitrogen and oxygen atoms in total. The first-order valence-electron chi connectivity index (χ1n) is 6.14. The monoisotopic (exact) mass is 464 g/mol. The molecule has 0 amide bonds. The fourth-order valence-electron chi connectivity index (χ4n) is 2.12. The van der Waals surface area contributed by atoms with Gasteiger partial charge in [0.25, 0.3) is 0 Å². The van der Waals surface area contributed by atoms with Crippen LogP contribution in [0.15, 0.2) is 40.9 Å². The Labute approximate surface area is 144 Å². The highest BCUT2D eigenvalue weighted by atomic mass is 127. The fraction of sp³-hybridized carbons (Fsp3) is 0.200. The van der Waals surface area contributed by atoms with Gasteiger partial charge in [-0.1, -0.05) is 34.1 Å². The molecule has 1 atom stereocenters. The molecule has 0 radical (unpaired) electrons. The van der Waals surface area contributed by atoms with E-state index in [1.165, 1.54) is 0 Å². The molecule has 2 aromatic rings. The molecule has 0 aliphatic carbocycles. The van der Waals surface area contributed by atoms with E-state index in [1.807, 2.05) is 30.3 Å². The van der Waals surface area contributed by atoms with Gasteiger partial charge >= 0.3 is 0 Å². The van der Waals surface area contributed by atoms with Gasteiger partial charge in [0.05, 0.1) is 5.38 Å². The second-order valence-electron chi connectivity index (χ2n) is 4.40. The van der Waals surface area contributed by atoms with E-state index in [0.717, 1.165) is 30.7 Å². The Kier molecular flexibility index (Phi) is 4.43. The van der Waals surface area contributed by atoms with Crippen LogP contribution in [-0.4, -0.2) is 13.2 Å². The van der Waals surface area contributed by atoms with Crippen LogP contribution in [0.5, 0.6) is 11.5 Å². The molecule has 0 saturated carbocycles. The average Bonchev–Trinajstić information content (AvgIpc) is 2.46. The Morgan fingerprint density at radius 2 is 1.70 bits per heavy atom. The summed E-state index contributed by atoms with van der Waals surface area (Å²) >= 11 is 12.5. The number of rotatable bonds is 2. The largest absolute Gasteiger partial charge is 0.486 e. The molecular weight excluding hydrogens is 454 g/mol. The second kappa shape index (κ2) is 6.12. The van der Waals surface area contributed by atoms with Crippen molar-refractivity contribution in [2.75, 3.05) is 13.2 Å². The molecule has 2 aromatic carbocycles. The van der Waals surface area contributed by atoms with Gasteiger partial charge in [-0.2, -0.15) is 0 Å². The minimum atomic E-state index is -0.228. The highest BCUT2D eigenvalue weighted by Gasteiger charge is 2.21. The Bertz CT molecular complexity index is 648. The van der Waals surface area contributed by atoms with Gasteiger partial charge in [-0.05, 0) is 51.9 Å². The maximum Gasteiger partial charge on any atom is 0.162 e. The summed E-state index contributed by atoms with van der Waals surface area (Å²) in [7, 11) is 0. The minimum absolute atomic E-state index is 0.228. The van der Waals surface area contributed by atoms with Crippen LogP contribution >= 0.6 is 50.1 Å². The number of fused-ring (bicyclic) bond motifs is 1. The number of benzene rings is 2. The fourth-order valence-corrected chi connectivity index (χ4v) is 4.06. The van der Waals surface area contributed by atoms with Crippen LogP contribution in [0.4, 0.5) is 0 Å². The molecule has 1 heterocycles. The predicted octanol–water partition coefficient (Wildman–Crippen LogP) is 5.15. The highest BCUT2D eigenvalue weighted by molar-refractivity contribution is 14.1. The summed E-state index contributed by atoms with van der Waals surface area (Å²) in [6.07, 6.45) is 0. The van der Waals surface area contributed by atoms with Crippen molar-refractivity contribution in [3.05, 3.63) is 55.6 Å². The summed E-state index contributed by atoms with van der Waals surface area (Å²) in [5.41, 5.74) is 2.08. The van der Waals surface area contributed by atoms with Gasteiger partial charge in [-0.25, -0.2) is 0 Å². The average molecular weight is 466 g/mol. The van der Waals surface area contributed by atoms with Crippen LogP contribution < -0.4 is 9.47 Å². The summed E-state index contributed by atoms with van der Waals surface area (Å²) in [5.74, 6) is 1.52. The number of halogens is 3. The zero-order valence-corrected chi connectivity index (χ0v) is 14.9. The number of ether oxygens (including phenoxy) is 2. The summed E-state index contributed by atoms with van der Waals surface area (Å²) in [5, 5.41) is -0.228. The lowest BCUT2D eigenvalue weighted by Crippen LogP contribution is -2.15. The number of hydrogen-bond acceptors (Lipinski definition) is 2. The third kappa shape index (κ3) is 2.78. The molecular formula is C15H11BrClIO2. The zero-order chi connectivity index (χ0) is 14.1. The van der Waals surface area contributed by atoms with Gasteiger partial charge in [-0.15, -0.1) is 11.6 Å². The van der Waals surface area contributed by atoms with Gasteiger partial charge in [0.2, 0.25) is 0 Å². The van der Waals surface area contributed by atoms with Gasteiger partial charge < -0.3 is 9.47 Å². The van der Waals surface area contributed by atoms with E-state index in [1.54, 1.807) is 0 Å². The van der Waals surface area contributed by atoms with Crippen LogP contribution in [-0.2, 0) is 0 Å². The van der Waals surface area contributed by atoms with E-state index in [2.05, 4.69) is 44.6 Å². The van der Waals surface area contributed by atoms with Gasteiger partial charge in [0.15, 0.2) is 11.5 Å². The lowest BCUT2D eigenvalue weighted by molar-refractivity contribution is 0.171. The SMILES string of the molecule is ClC(c1cc2c(cc1Br)OCCO2)c1ccccc1I. The molecule has 0 bridgehead atoms. The molecule has 0 aromatic heterocycles. The van der Waals surface area contributed by atoms with Crippen LogP contribution in [0.2, 0.25) is 0 Å². The predicted molar refractivity (Wildman–Crippen MR) is 92.0 cm³/mol. The topological polar surface area (TPSA) is 18.5 Å². The maximum atomic E-state index is 6.65. The van der Waals surface area contributed by atoms with Gasteiger partial charge in [0.1, 0.15) is 13.2 Å². The van der Waals surface area contributed by atoms with Crippen molar-refractivity contribution in [3.63, 3.8) is 0 Å². The van der Waals surface area contributed by atoms with Crippen LogP contribution in [0, 0.1) is 3.57 Å². The lowest BCUT2D eigenvalue weighted by atomic mass is 10.0. The van der Waals surface area contributed by atoms with Crippen molar-refractivity contribution in [3.8, 4) is 11.5 Å². The van der Waals surface area contributed by atoms with Crippen molar-refractivity contribution >= 4 is 50.1 Å². The van der Waals surface area contributed by atoms with Crippen molar-refractivity contribution in [1.82, 2.24) is 0 Å². The smallest absolute Gasteiger partial charge is 0.162 e. The Balaban J connectivity index is 2.03. The summed E-state index contributed by atoms with van der Waals surface area (Å²) in [6.45, 7) is 1.16. The summed E-state index contributed by atoms with van der Waals surface area (Å²) in [6, 6.07) is 12.0. The van der Waals surface area contributed by atoms with E-state index in [0.29, 0.717) is 13.2 Å². The molecule has 3 rings (SSSR count). The van der Waals surface area contributed by atoms with Crippen molar-refractivity contribution in [2.24, 2.45) is 0 Å². The van der Waals surface area contributed by atoms with E-state index in [4.69, 9.17) is 21.1 Å². The molecule has 0 fully saturated rings. The minimum Gasteiger partial charge on any atom is -0.486 e. The van der Waals surface area contributed by atoms with Gasteiger partial charge in [0, 0.05) is 8.04 Å². The van der Waals surface area contributed by atoms with E-state index in [9.17, 15) is 0 Å². The highest BCUT2D eigenvalue weighted by Crippen LogP contribution is 2.42. The second-order valence-corrected chi connectivity index (χ2v) is 6.85. The quantitative estimate of drug-likeness (QED) is 0.451. The van der Waals surface area contributed by atoms with Crippen LogP contribution in [0.25, 0.3) is 0 Å². The van der Waals surface area contributed by atoms with Crippen LogP contribution in [0.3, 0.4) is 0 Å². The van der Waals surface area contributed by atoms with Crippen LogP contribution in [0.1, 0.15) is 16.5 Å². The lowest BCUT2D eigenvalue weighted by Gasteiger charge is -2.21. The number of hydrogen-bond donors (Lipinski definition) is 0. The molecule has 0 saturated heterocycles. The molecule has 20 heavy (non-hydrogen) atoms. The molecule has 1 aliphatic rings. The molecule has 0 spiro atoms. The van der Waals surface area contributed by atoms with E-state index >= 15 is 0 Å². The van der Waals surface area contributed by atoms with Crippen molar-refractivity contribution in [1.29, 1.82) is 0 Å². The molecule has 1 unspecified atom stereocenters. The zero-order valence-electron chi connectivity index (χ0n) is 10.4. The normalized spacial score (nSPS) is 14.9. The summed E-state index contributed by atoms with van der Waals surface area (Å²) < 4.78 is 13.3. The maximum absolute atomic E-state index is 6.65. The first-order valence-corrected chi connectivity index (χ1v) is 8.45. The number of alkyl halides is 1. The van der Waals surface area contributed by atoms with Gasteiger partial charge in [-0.3, -0.25) is 0 Å². The Morgan fingerprint density at radius 1 is 1.05 bits per heavy atom. The van der Waals surface area contributed by atoms with E-state index in [-0.39, 0.29) is 5.38 Å². The molecule has 0 N–H and O–H groups in total. The first-order chi connectivity index (χ1) is 9.66. The molecule has 1 aliphatic heterocycles. The first kappa shape index (κ1) is 14.5. The summed E-state index contributed by atoms with van der Waals surface area (Å²) in [4.78, 5) is 0. The van der Waals surface area contributed by atoms with E-state index < -0.39 is 0 Å².